The zero-order chi connectivity index (χ0) is 13.0. The van der Waals surface area contributed by atoms with Crippen LogP contribution in [0.15, 0.2) is 18.3 Å². The molecule has 0 bridgehead atoms. The fourth-order valence-corrected chi connectivity index (χ4v) is 2.29. The van der Waals surface area contributed by atoms with Gasteiger partial charge in [0.05, 0.1) is 0 Å². The van der Waals surface area contributed by atoms with Crippen LogP contribution in [0.2, 0.25) is 0 Å². The predicted molar refractivity (Wildman–Crippen MR) is 64.4 cm³/mol. The van der Waals surface area contributed by atoms with Crippen LogP contribution in [-0.2, 0) is 11.2 Å². The predicted octanol–water partition coefficient (Wildman–Crippen LogP) is 2.50. The highest BCUT2D eigenvalue weighted by Gasteiger charge is 2.37. The minimum Gasteiger partial charge on any atom is -0.365 e. The number of H-pyrrole nitrogens is 1. The van der Waals surface area contributed by atoms with Gasteiger partial charge in [0, 0.05) is 43.6 Å². The Labute approximate surface area is 105 Å². The molecule has 0 spiro atoms. The minimum atomic E-state index is -2.57. The van der Waals surface area contributed by atoms with Gasteiger partial charge >= 0.3 is 0 Å². The van der Waals surface area contributed by atoms with E-state index in [1.165, 1.54) is 0 Å². The van der Waals surface area contributed by atoms with E-state index in [0.29, 0.717) is 19.4 Å². The maximum absolute atomic E-state index is 12.9. The smallest absolute Gasteiger partial charge is 0.248 e. The van der Waals surface area contributed by atoms with Crippen LogP contribution in [0.1, 0.15) is 31.4 Å². The van der Waals surface area contributed by atoms with Crippen molar-refractivity contribution >= 4 is 5.91 Å². The first-order valence-electron chi connectivity index (χ1n) is 6.35. The molecule has 18 heavy (non-hydrogen) atoms. The summed E-state index contributed by atoms with van der Waals surface area (Å²) in [6.07, 6.45) is 2.83. The summed E-state index contributed by atoms with van der Waals surface area (Å²) in [5.74, 6) is -2.90. The Balaban J connectivity index is 1.69. The van der Waals surface area contributed by atoms with Crippen LogP contribution >= 0.6 is 0 Å². The highest BCUT2D eigenvalue weighted by Crippen LogP contribution is 2.36. The van der Waals surface area contributed by atoms with E-state index in [0.717, 1.165) is 12.1 Å². The molecule has 1 aliphatic carbocycles. The van der Waals surface area contributed by atoms with Crippen LogP contribution in [-0.4, -0.2) is 23.4 Å². The zero-order valence-corrected chi connectivity index (χ0v) is 10.2. The number of nitrogens with one attached hydrogen (secondary N) is 2. The topological polar surface area (TPSA) is 44.9 Å². The van der Waals surface area contributed by atoms with E-state index in [4.69, 9.17) is 0 Å². The van der Waals surface area contributed by atoms with Gasteiger partial charge < -0.3 is 10.3 Å². The molecule has 0 radical (unpaired) electrons. The fourth-order valence-electron chi connectivity index (χ4n) is 2.29. The van der Waals surface area contributed by atoms with Crippen molar-refractivity contribution in [1.29, 1.82) is 0 Å². The molecule has 3 nitrogen and oxygen atoms in total. The molecule has 0 aliphatic heterocycles. The lowest BCUT2D eigenvalue weighted by molar-refractivity contribution is -0.129. The number of hydrogen-bond donors (Lipinski definition) is 2. The Morgan fingerprint density at radius 3 is 2.78 bits per heavy atom. The molecule has 1 aliphatic rings. The quantitative estimate of drug-likeness (QED) is 0.854. The second-order valence-electron chi connectivity index (χ2n) is 4.87. The first kappa shape index (κ1) is 13.1. The molecule has 0 saturated heterocycles. The van der Waals surface area contributed by atoms with E-state index < -0.39 is 5.92 Å². The summed E-state index contributed by atoms with van der Waals surface area (Å²) in [4.78, 5) is 14.8. The molecule has 1 saturated carbocycles. The third-order valence-corrected chi connectivity index (χ3v) is 3.44. The van der Waals surface area contributed by atoms with Gasteiger partial charge in [-0.05, 0) is 25.0 Å². The summed E-state index contributed by atoms with van der Waals surface area (Å²) in [5.41, 5.74) is 1.06. The number of rotatable bonds is 4. The molecule has 2 N–H and O–H groups in total. The molecule has 0 aromatic carbocycles. The molecule has 1 amide bonds. The van der Waals surface area contributed by atoms with E-state index in [2.05, 4.69) is 10.3 Å². The molecule has 1 heterocycles. The largest absolute Gasteiger partial charge is 0.365 e. The van der Waals surface area contributed by atoms with Gasteiger partial charge in [-0.15, -0.1) is 0 Å². The van der Waals surface area contributed by atoms with Crippen molar-refractivity contribution in [2.45, 2.75) is 38.0 Å². The number of amides is 1. The standard InChI is InChI=1S/C13H18F2N2O/c14-13(15)6-3-10(4-7-13)12(18)17-9-5-11-2-1-8-16-11/h1-2,8,10,16H,3-7,9H2,(H,17,18). The summed E-state index contributed by atoms with van der Waals surface area (Å²) in [5, 5.41) is 2.81. The monoisotopic (exact) mass is 256 g/mol. The van der Waals surface area contributed by atoms with Crippen molar-refractivity contribution in [1.82, 2.24) is 10.3 Å². The van der Waals surface area contributed by atoms with Gasteiger partial charge in [-0.25, -0.2) is 8.78 Å². The average molecular weight is 256 g/mol. The van der Waals surface area contributed by atoms with Crippen LogP contribution in [0, 0.1) is 5.92 Å². The van der Waals surface area contributed by atoms with Gasteiger partial charge in [0.1, 0.15) is 0 Å². The van der Waals surface area contributed by atoms with Gasteiger partial charge in [0.15, 0.2) is 0 Å². The maximum atomic E-state index is 12.9. The van der Waals surface area contributed by atoms with Gasteiger partial charge in [-0.3, -0.25) is 4.79 Å². The third-order valence-electron chi connectivity index (χ3n) is 3.44. The van der Waals surface area contributed by atoms with E-state index in [1.807, 2.05) is 18.3 Å². The SMILES string of the molecule is O=C(NCCc1ccc[nH]1)C1CCC(F)(F)CC1. The summed E-state index contributed by atoms with van der Waals surface area (Å²) in [7, 11) is 0. The first-order chi connectivity index (χ1) is 8.57. The molecule has 100 valence electrons. The number of hydrogen-bond acceptors (Lipinski definition) is 1. The Hall–Kier alpha value is -1.39. The highest BCUT2D eigenvalue weighted by molar-refractivity contribution is 5.78. The normalized spacial score (nSPS) is 19.7. The zero-order valence-electron chi connectivity index (χ0n) is 10.2. The number of carbonyl (C=O) groups is 1. The minimum absolute atomic E-state index is 0.0861. The summed E-state index contributed by atoms with van der Waals surface area (Å²) in [6, 6.07) is 3.85. The van der Waals surface area contributed by atoms with Crippen molar-refractivity contribution in [2.75, 3.05) is 6.54 Å². The summed E-state index contributed by atoms with van der Waals surface area (Å²) < 4.78 is 25.9. The molecule has 5 heteroatoms. The van der Waals surface area contributed by atoms with E-state index >= 15 is 0 Å². The van der Waals surface area contributed by atoms with Gasteiger partial charge in [0.25, 0.3) is 0 Å². The van der Waals surface area contributed by atoms with E-state index in [1.54, 1.807) is 0 Å². The van der Waals surface area contributed by atoms with Gasteiger partial charge in [-0.1, -0.05) is 0 Å². The lowest BCUT2D eigenvalue weighted by Crippen LogP contribution is -2.36. The van der Waals surface area contributed by atoms with Crippen molar-refractivity contribution in [2.24, 2.45) is 5.92 Å². The lowest BCUT2D eigenvalue weighted by Gasteiger charge is -2.27. The second kappa shape index (κ2) is 5.50. The molecule has 0 unspecified atom stereocenters. The summed E-state index contributed by atoms with van der Waals surface area (Å²) >= 11 is 0. The number of aromatic amines is 1. The number of alkyl halides is 2. The number of aromatic nitrogens is 1. The molecule has 0 atom stereocenters. The van der Waals surface area contributed by atoms with Crippen LogP contribution < -0.4 is 5.32 Å². The van der Waals surface area contributed by atoms with Gasteiger partial charge in [-0.2, -0.15) is 0 Å². The lowest BCUT2D eigenvalue weighted by atomic mass is 9.86. The fraction of sp³-hybridized carbons (Fsp3) is 0.615. The van der Waals surface area contributed by atoms with Gasteiger partial charge in [0.2, 0.25) is 11.8 Å². The third kappa shape index (κ3) is 3.55. The van der Waals surface area contributed by atoms with Crippen LogP contribution in [0.4, 0.5) is 8.78 Å². The molecule has 1 aromatic heterocycles. The molecule has 1 aromatic rings. The number of halogens is 2. The number of carbonyl (C=O) groups excluding carboxylic acids is 1. The van der Waals surface area contributed by atoms with Crippen LogP contribution in [0.5, 0.6) is 0 Å². The van der Waals surface area contributed by atoms with Crippen LogP contribution in [0.25, 0.3) is 0 Å². The second-order valence-corrected chi connectivity index (χ2v) is 4.87. The summed E-state index contributed by atoms with van der Waals surface area (Å²) in [6.45, 7) is 0.548. The van der Waals surface area contributed by atoms with E-state index in [-0.39, 0.29) is 24.7 Å². The van der Waals surface area contributed by atoms with Crippen molar-refractivity contribution in [3.63, 3.8) is 0 Å². The molecule has 2 rings (SSSR count). The first-order valence-corrected chi connectivity index (χ1v) is 6.35. The molecule has 1 fully saturated rings. The van der Waals surface area contributed by atoms with Crippen molar-refractivity contribution < 1.29 is 13.6 Å². The van der Waals surface area contributed by atoms with Crippen molar-refractivity contribution in [3.05, 3.63) is 24.0 Å². The Kier molecular flexibility index (Phi) is 3.99. The Morgan fingerprint density at radius 2 is 2.17 bits per heavy atom. The molecular formula is C13H18F2N2O. The van der Waals surface area contributed by atoms with Crippen molar-refractivity contribution in [3.8, 4) is 0 Å². The molecular weight excluding hydrogens is 238 g/mol. The van der Waals surface area contributed by atoms with Crippen LogP contribution in [0.3, 0.4) is 0 Å². The maximum Gasteiger partial charge on any atom is 0.248 e. The Bertz CT molecular complexity index is 380. The highest BCUT2D eigenvalue weighted by atomic mass is 19.3. The average Bonchev–Trinajstić information content (AvgIpc) is 2.82. The van der Waals surface area contributed by atoms with E-state index in [9.17, 15) is 13.6 Å². The Morgan fingerprint density at radius 1 is 1.44 bits per heavy atom.